The van der Waals surface area contributed by atoms with E-state index in [9.17, 15) is 4.79 Å². The fourth-order valence-electron chi connectivity index (χ4n) is 3.74. The largest absolute Gasteiger partial charge is 0.495 e. The maximum absolute atomic E-state index is 12.1. The first-order chi connectivity index (χ1) is 13.3. The Labute approximate surface area is 166 Å². The average molecular weight is 380 g/mol. The first-order valence-electron chi connectivity index (χ1n) is 9.42. The number of methoxy groups -OCH3 is 1. The zero-order valence-corrected chi connectivity index (χ0v) is 17.1. The molecule has 0 saturated heterocycles. The highest BCUT2D eigenvalue weighted by molar-refractivity contribution is 5.92. The highest BCUT2D eigenvalue weighted by atomic mass is 16.5. The van der Waals surface area contributed by atoms with Crippen LogP contribution in [0.25, 0.3) is 0 Å². The zero-order valence-electron chi connectivity index (χ0n) is 17.1. The number of fused-ring (bicyclic) bond motifs is 1. The average Bonchev–Trinajstić information content (AvgIpc) is 2.66. The van der Waals surface area contributed by atoms with Gasteiger partial charge in [0.25, 0.3) is 0 Å². The fraction of sp³-hybridized carbons (Fsp3) is 0.364. The van der Waals surface area contributed by atoms with Crippen molar-refractivity contribution in [3.63, 3.8) is 0 Å². The molecular weight excluding hydrogens is 352 g/mol. The van der Waals surface area contributed by atoms with E-state index in [1.807, 2.05) is 18.2 Å². The predicted molar refractivity (Wildman–Crippen MR) is 115 cm³/mol. The molecule has 148 valence electrons. The van der Waals surface area contributed by atoms with Gasteiger partial charge in [-0.1, -0.05) is 25.1 Å². The molecule has 3 rings (SSSR count). The first kappa shape index (κ1) is 19.7. The van der Waals surface area contributed by atoms with Gasteiger partial charge < -0.3 is 15.0 Å². The van der Waals surface area contributed by atoms with Gasteiger partial charge in [0.1, 0.15) is 5.75 Å². The van der Waals surface area contributed by atoms with Crippen LogP contribution < -0.4 is 20.4 Å². The molecule has 2 N–H and O–H groups in total. The molecule has 0 aromatic heterocycles. The Bertz CT molecular complexity index is 892. The van der Waals surface area contributed by atoms with Crippen LogP contribution in [0.1, 0.15) is 44.2 Å². The van der Waals surface area contributed by atoms with Gasteiger partial charge in [-0.05, 0) is 61.6 Å². The van der Waals surface area contributed by atoms with E-state index in [4.69, 9.17) is 4.74 Å². The molecule has 1 aliphatic rings. The van der Waals surface area contributed by atoms with Gasteiger partial charge in [0.2, 0.25) is 0 Å². The van der Waals surface area contributed by atoms with Gasteiger partial charge in [-0.25, -0.2) is 10.2 Å². The maximum Gasteiger partial charge on any atom is 0.339 e. The molecule has 0 bridgehead atoms. The van der Waals surface area contributed by atoms with Crippen molar-refractivity contribution in [1.29, 1.82) is 0 Å². The number of rotatable bonds is 4. The number of ether oxygens (including phenoxy) is 1. The van der Waals surface area contributed by atoms with Crippen molar-refractivity contribution >= 4 is 23.6 Å². The molecule has 1 heterocycles. The second-order valence-electron chi connectivity index (χ2n) is 7.82. The van der Waals surface area contributed by atoms with E-state index in [-0.39, 0.29) is 5.54 Å². The van der Waals surface area contributed by atoms with Gasteiger partial charge in [0, 0.05) is 18.3 Å². The molecule has 1 aliphatic heterocycles. The standard InChI is InChI=1S/C22H28N4O2/c1-15-13-22(2,3)26(4)19-11-10-16(12-17(15)19)14-23-25-21(27)24-18-8-6-7-9-20(18)28-5/h6-12,14-15H,13H2,1-5H3,(H2,24,25,27)/b23-14+/t15-/m1/s1. The molecule has 0 spiro atoms. The van der Waals surface area contributed by atoms with E-state index >= 15 is 0 Å². The van der Waals surface area contributed by atoms with Gasteiger partial charge in [0.15, 0.2) is 0 Å². The lowest BCUT2D eigenvalue weighted by Crippen LogP contribution is -2.45. The van der Waals surface area contributed by atoms with Crippen molar-refractivity contribution in [3.05, 3.63) is 53.6 Å². The van der Waals surface area contributed by atoms with E-state index in [1.165, 1.54) is 11.3 Å². The lowest BCUT2D eigenvalue weighted by atomic mass is 9.80. The Morgan fingerprint density at radius 2 is 2.04 bits per heavy atom. The van der Waals surface area contributed by atoms with E-state index < -0.39 is 6.03 Å². The number of anilines is 2. The quantitative estimate of drug-likeness (QED) is 0.603. The van der Waals surface area contributed by atoms with Crippen molar-refractivity contribution in [2.24, 2.45) is 5.10 Å². The maximum atomic E-state index is 12.1. The number of urea groups is 1. The van der Waals surface area contributed by atoms with E-state index in [0.717, 1.165) is 12.0 Å². The van der Waals surface area contributed by atoms with Gasteiger partial charge >= 0.3 is 6.03 Å². The lowest BCUT2D eigenvalue weighted by molar-refractivity contribution is 0.252. The van der Waals surface area contributed by atoms with Gasteiger partial charge in [0.05, 0.1) is 19.0 Å². The van der Waals surface area contributed by atoms with Crippen molar-refractivity contribution in [2.45, 2.75) is 38.6 Å². The topological polar surface area (TPSA) is 66.0 Å². The zero-order chi connectivity index (χ0) is 20.3. The molecule has 6 nitrogen and oxygen atoms in total. The third kappa shape index (κ3) is 4.11. The van der Waals surface area contributed by atoms with Crippen LogP contribution in [0.5, 0.6) is 5.75 Å². The van der Waals surface area contributed by atoms with Crippen LogP contribution >= 0.6 is 0 Å². The fourth-order valence-corrected chi connectivity index (χ4v) is 3.74. The molecule has 0 saturated carbocycles. The molecule has 2 aromatic carbocycles. The lowest BCUT2D eigenvalue weighted by Gasteiger charge is -2.45. The van der Waals surface area contributed by atoms with Crippen LogP contribution in [-0.2, 0) is 0 Å². The summed E-state index contributed by atoms with van der Waals surface area (Å²) in [6, 6.07) is 13.1. The minimum Gasteiger partial charge on any atom is -0.495 e. The van der Waals surface area contributed by atoms with Crippen molar-refractivity contribution in [3.8, 4) is 5.75 Å². The van der Waals surface area contributed by atoms with Gasteiger partial charge in [-0.3, -0.25) is 0 Å². The molecule has 0 unspecified atom stereocenters. The number of carbonyl (C=O) groups excluding carboxylic acids is 1. The molecule has 2 aromatic rings. The third-order valence-electron chi connectivity index (χ3n) is 5.39. The second-order valence-corrected chi connectivity index (χ2v) is 7.82. The van der Waals surface area contributed by atoms with Crippen molar-refractivity contribution in [2.75, 3.05) is 24.4 Å². The van der Waals surface area contributed by atoms with E-state index in [1.54, 1.807) is 25.5 Å². The Morgan fingerprint density at radius 1 is 1.29 bits per heavy atom. The number of amides is 2. The molecule has 0 fully saturated rings. The SMILES string of the molecule is COc1ccccc1NC(=O)N/N=C/c1ccc2c(c1)[C@H](C)CC(C)(C)N2C. The van der Waals surface area contributed by atoms with Crippen LogP contribution in [0.3, 0.4) is 0 Å². The minimum absolute atomic E-state index is 0.139. The minimum atomic E-state index is -0.423. The van der Waals surface area contributed by atoms with Crippen LogP contribution in [0.2, 0.25) is 0 Å². The number of hydrogen-bond donors (Lipinski definition) is 2. The number of nitrogens with one attached hydrogen (secondary N) is 2. The van der Waals surface area contributed by atoms with Crippen molar-refractivity contribution in [1.82, 2.24) is 5.43 Å². The highest BCUT2D eigenvalue weighted by Gasteiger charge is 2.33. The second kappa shape index (κ2) is 7.92. The Morgan fingerprint density at radius 3 is 2.79 bits per heavy atom. The molecule has 0 radical (unpaired) electrons. The normalized spacial score (nSPS) is 17.9. The summed E-state index contributed by atoms with van der Waals surface area (Å²) < 4.78 is 5.22. The monoisotopic (exact) mass is 380 g/mol. The first-order valence-corrected chi connectivity index (χ1v) is 9.42. The summed E-state index contributed by atoms with van der Waals surface area (Å²) in [5, 5.41) is 6.80. The van der Waals surface area contributed by atoms with Crippen LogP contribution in [-0.4, -0.2) is 31.9 Å². The predicted octanol–water partition coefficient (Wildman–Crippen LogP) is 4.57. The summed E-state index contributed by atoms with van der Waals surface area (Å²) in [4.78, 5) is 14.4. The number of nitrogens with zero attached hydrogens (tertiary/aromatic N) is 2. The molecule has 6 heteroatoms. The summed E-state index contributed by atoms with van der Waals surface area (Å²) >= 11 is 0. The number of hydrogen-bond acceptors (Lipinski definition) is 4. The number of hydrazone groups is 1. The van der Waals surface area contributed by atoms with E-state index in [2.05, 4.69) is 60.7 Å². The Kier molecular flexibility index (Phi) is 5.58. The molecule has 2 amide bonds. The van der Waals surface area contributed by atoms with Crippen molar-refractivity contribution < 1.29 is 9.53 Å². The Balaban J connectivity index is 1.67. The van der Waals surface area contributed by atoms with Gasteiger partial charge in [-0.2, -0.15) is 5.10 Å². The summed E-state index contributed by atoms with van der Waals surface area (Å²) in [5.41, 5.74) is 6.74. The van der Waals surface area contributed by atoms with E-state index in [0.29, 0.717) is 17.4 Å². The Hall–Kier alpha value is -3.02. The summed E-state index contributed by atoms with van der Waals surface area (Å²) in [7, 11) is 3.70. The molecule has 1 atom stereocenters. The number of para-hydroxylation sites is 2. The van der Waals surface area contributed by atoms with Crippen LogP contribution in [0.15, 0.2) is 47.6 Å². The number of benzene rings is 2. The van der Waals surface area contributed by atoms with Crippen LogP contribution in [0, 0.1) is 0 Å². The summed E-state index contributed by atoms with van der Waals surface area (Å²) in [6.45, 7) is 6.80. The molecule has 0 aliphatic carbocycles. The molecular formula is C22H28N4O2. The summed E-state index contributed by atoms with van der Waals surface area (Å²) in [5.74, 6) is 1.06. The number of carbonyl (C=O) groups is 1. The highest BCUT2D eigenvalue weighted by Crippen LogP contribution is 2.42. The van der Waals surface area contributed by atoms with Crippen LogP contribution in [0.4, 0.5) is 16.2 Å². The van der Waals surface area contributed by atoms with Gasteiger partial charge in [-0.15, -0.1) is 0 Å². The smallest absolute Gasteiger partial charge is 0.339 e. The molecule has 28 heavy (non-hydrogen) atoms. The third-order valence-corrected chi connectivity index (χ3v) is 5.39. The summed E-state index contributed by atoms with van der Waals surface area (Å²) in [6.07, 6.45) is 2.76.